The summed E-state index contributed by atoms with van der Waals surface area (Å²) in [6, 6.07) is 2.13. The van der Waals surface area contributed by atoms with Crippen LogP contribution in [0.2, 0.25) is 0 Å². The van der Waals surface area contributed by atoms with Crippen molar-refractivity contribution in [2.45, 2.75) is 13.1 Å². The molecule has 0 atom stereocenters. The Balaban J connectivity index is 2.39. The van der Waals surface area contributed by atoms with Crippen LogP contribution in [0.15, 0.2) is 23.6 Å². The molecule has 0 unspecified atom stereocenters. The van der Waals surface area contributed by atoms with Crippen LogP contribution < -0.4 is 0 Å². The van der Waals surface area contributed by atoms with Crippen LogP contribution in [-0.4, -0.2) is 17.6 Å². The van der Waals surface area contributed by atoms with E-state index in [0.717, 1.165) is 23.5 Å². The molecule has 1 aromatic carbocycles. The number of hydrogen-bond acceptors (Lipinski definition) is 4. The van der Waals surface area contributed by atoms with Crippen molar-refractivity contribution < 1.29 is 27.1 Å². The minimum atomic E-state index is -4.65. The number of aromatic nitrogens is 1. The molecule has 0 radical (unpaired) electrons. The number of halogens is 4. The maximum atomic E-state index is 13.3. The predicted molar refractivity (Wildman–Crippen MR) is 68.5 cm³/mol. The number of benzene rings is 1. The van der Waals surface area contributed by atoms with Gasteiger partial charge in [0.25, 0.3) is 0 Å². The number of rotatable bonds is 3. The van der Waals surface area contributed by atoms with E-state index < -0.39 is 23.5 Å². The van der Waals surface area contributed by atoms with Gasteiger partial charge >= 0.3 is 12.1 Å². The van der Waals surface area contributed by atoms with Crippen LogP contribution in [0.1, 0.15) is 23.0 Å². The highest BCUT2D eigenvalue weighted by molar-refractivity contribution is 7.13. The van der Waals surface area contributed by atoms with Gasteiger partial charge in [0.2, 0.25) is 0 Å². The molecule has 3 nitrogen and oxygen atoms in total. The van der Waals surface area contributed by atoms with Crippen molar-refractivity contribution in [1.82, 2.24) is 4.98 Å². The number of thiazole rings is 1. The van der Waals surface area contributed by atoms with Gasteiger partial charge in [-0.2, -0.15) is 13.2 Å². The second-order valence-corrected chi connectivity index (χ2v) is 4.84. The Hall–Kier alpha value is -1.96. The first-order valence-corrected chi connectivity index (χ1v) is 6.70. The highest BCUT2D eigenvalue weighted by Gasteiger charge is 2.31. The molecule has 0 N–H and O–H groups in total. The van der Waals surface area contributed by atoms with Crippen molar-refractivity contribution >= 4 is 17.3 Å². The highest BCUT2D eigenvalue weighted by Crippen LogP contribution is 2.34. The van der Waals surface area contributed by atoms with Crippen LogP contribution in [0.4, 0.5) is 17.6 Å². The summed E-state index contributed by atoms with van der Waals surface area (Å²) in [7, 11) is 0. The topological polar surface area (TPSA) is 39.2 Å². The number of hydrogen-bond donors (Lipinski definition) is 0. The molecule has 0 spiro atoms. The second kappa shape index (κ2) is 5.80. The Morgan fingerprint density at radius 3 is 2.67 bits per heavy atom. The van der Waals surface area contributed by atoms with E-state index >= 15 is 0 Å². The quantitative estimate of drug-likeness (QED) is 0.630. The minimum absolute atomic E-state index is 0.0188. The third-order valence-corrected chi connectivity index (χ3v) is 3.35. The van der Waals surface area contributed by atoms with Crippen molar-refractivity contribution in [1.29, 1.82) is 0 Å². The van der Waals surface area contributed by atoms with Crippen molar-refractivity contribution in [2.24, 2.45) is 0 Å². The van der Waals surface area contributed by atoms with E-state index in [0.29, 0.717) is 6.07 Å². The lowest BCUT2D eigenvalue weighted by Crippen LogP contribution is -2.06. The van der Waals surface area contributed by atoms with Crippen LogP contribution in [0, 0.1) is 5.82 Å². The van der Waals surface area contributed by atoms with Gasteiger partial charge in [-0.15, -0.1) is 11.3 Å². The Morgan fingerprint density at radius 1 is 1.33 bits per heavy atom. The molecular weight excluding hydrogens is 310 g/mol. The minimum Gasteiger partial charge on any atom is -0.461 e. The maximum absolute atomic E-state index is 13.3. The van der Waals surface area contributed by atoms with E-state index in [1.54, 1.807) is 6.92 Å². The number of ether oxygens (including phenoxy) is 1. The molecule has 0 amide bonds. The lowest BCUT2D eigenvalue weighted by atomic mass is 10.1. The van der Waals surface area contributed by atoms with E-state index in [1.807, 2.05) is 0 Å². The number of nitrogens with zero attached hydrogens (tertiary/aromatic N) is 1. The van der Waals surface area contributed by atoms with E-state index in [1.165, 1.54) is 5.38 Å². The van der Waals surface area contributed by atoms with Crippen molar-refractivity contribution in [3.8, 4) is 10.6 Å². The molecule has 0 saturated heterocycles. The van der Waals surface area contributed by atoms with Gasteiger partial charge in [-0.25, -0.2) is 14.2 Å². The Kier molecular flexibility index (Phi) is 4.26. The smallest absolute Gasteiger partial charge is 0.416 e. The van der Waals surface area contributed by atoms with Gasteiger partial charge < -0.3 is 4.74 Å². The summed E-state index contributed by atoms with van der Waals surface area (Å²) in [5.41, 5.74) is -1.16. The summed E-state index contributed by atoms with van der Waals surface area (Å²) in [6.07, 6.45) is -4.65. The third kappa shape index (κ3) is 3.57. The van der Waals surface area contributed by atoms with Crippen LogP contribution in [0.5, 0.6) is 0 Å². The maximum Gasteiger partial charge on any atom is 0.416 e. The van der Waals surface area contributed by atoms with E-state index in [4.69, 9.17) is 4.74 Å². The molecule has 2 rings (SSSR count). The first-order chi connectivity index (χ1) is 9.81. The normalized spacial score (nSPS) is 11.5. The number of carbonyl (C=O) groups is 1. The molecule has 0 aliphatic heterocycles. The van der Waals surface area contributed by atoms with Gasteiger partial charge in [-0.3, -0.25) is 0 Å². The van der Waals surface area contributed by atoms with Crippen LogP contribution in [-0.2, 0) is 10.9 Å². The number of alkyl halides is 3. The SMILES string of the molecule is CCOC(=O)c1csc(-c2cc(F)cc(C(F)(F)F)c2)n1. The lowest BCUT2D eigenvalue weighted by molar-refractivity contribution is -0.137. The molecular formula is C13H9F4NO2S. The van der Waals surface area contributed by atoms with Crippen molar-refractivity contribution in [2.75, 3.05) is 6.61 Å². The zero-order valence-corrected chi connectivity index (χ0v) is 11.5. The summed E-state index contributed by atoms with van der Waals surface area (Å²) in [4.78, 5) is 15.3. The van der Waals surface area contributed by atoms with Gasteiger partial charge in [0, 0.05) is 10.9 Å². The second-order valence-electron chi connectivity index (χ2n) is 3.98. The van der Waals surface area contributed by atoms with Gasteiger partial charge in [0.1, 0.15) is 10.8 Å². The fourth-order valence-electron chi connectivity index (χ4n) is 1.58. The molecule has 0 aliphatic rings. The monoisotopic (exact) mass is 319 g/mol. The molecule has 8 heteroatoms. The van der Waals surface area contributed by atoms with Crippen LogP contribution >= 0.6 is 11.3 Å². The van der Waals surface area contributed by atoms with E-state index in [-0.39, 0.29) is 22.9 Å². The van der Waals surface area contributed by atoms with E-state index in [9.17, 15) is 22.4 Å². The first kappa shape index (κ1) is 15.4. The van der Waals surface area contributed by atoms with Gasteiger partial charge in [0.15, 0.2) is 5.69 Å². The molecule has 2 aromatic rings. The summed E-state index contributed by atoms with van der Waals surface area (Å²) >= 11 is 0.939. The average Bonchev–Trinajstić information content (AvgIpc) is 2.87. The molecule has 0 saturated carbocycles. The largest absolute Gasteiger partial charge is 0.461 e. The molecule has 0 aliphatic carbocycles. The molecule has 21 heavy (non-hydrogen) atoms. The third-order valence-electron chi connectivity index (χ3n) is 2.46. The Bertz CT molecular complexity index is 666. The fourth-order valence-corrected chi connectivity index (χ4v) is 2.36. The Morgan fingerprint density at radius 2 is 2.05 bits per heavy atom. The summed E-state index contributed by atoms with van der Waals surface area (Å²) in [5.74, 6) is -1.69. The Labute approximate surface area is 121 Å². The lowest BCUT2D eigenvalue weighted by Gasteiger charge is -2.08. The van der Waals surface area contributed by atoms with Gasteiger partial charge in [-0.1, -0.05) is 0 Å². The van der Waals surface area contributed by atoms with Gasteiger partial charge in [0.05, 0.1) is 12.2 Å². The average molecular weight is 319 g/mol. The zero-order valence-electron chi connectivity index (χ0n) is 10.7. The van der Waals surface area contributed by atoms with E-state index in [2.05, 4.69) is 4.98 Å². The summed E-state index contributed by atoms with van der Waals surface area (Å²) in [5, 5.41) is 1.47. The summed E-state index contributed by atoms with van der Waals surface area (Å²) < 4.78 is 56.0. The van der Waals surface area contributed by atoms with Gasteiger partial charge in [-0.05, 0) is 25.1 Å². The number of carbonyl (C=O) groups excluding carboxylic acids is 1. The molecule has 0 fully saturated rings. The predicted octanol–water partition coefficient (Wildman–Crippen LogP) is 4.14. The standard InChI is InChI=1S/C13H9F4NO2S/c1-2-20-12(19)10-6-21-11(18-10)7-3-8(13(15,16)17)5-9(14)4-7/h3-6H,2H2,1H3. The van der Waals surface area contributed by atoms with Crippen LogP contribution in [0.3, 0.4) is 0 Å². The molecule has 0 bridgehead atoms. The molecule has 112 valence electrons. The van der Waals surface area contributed by atoms with Crippen molar-refractivity contribution in [3.63, 3.8) is 0 Å². The zero-order chi connectivity index (χ0) is 15.6. The number of esters is 1. The fraction of sp³-hybridized carbons (Fsp3) is 0.231. The van der Waals surface area contributed by atoms with Crippen molar-refractivity contribution in [3.05, 3.63) is 40.7 Å². The molecule has 1 heterocycles. The first-order valence-electron chi connectivity index (χ1n) is 5.82. The highest BCUT2D eigenvalue weighted by atomic mass is 32.1. The molecule has 1 aromatic heterocycles. The van der Waals surface area contributed by atoms with Crippen LogP contribution in [0.25, 0.3) is 10.6 Å². The summed E-state index contributed by atoms with van der Waals surface area (Å²) in [6.45, 7) is 1.78.